The molecule has 514 valence electrons. The number of aliphatic carboxylic acids is 1. The van der Waals surface area contributed by atoms with Crippen LogP contribution in [0.4, 0.5) is 20.1 Å². The van der Waals surface area contributed by atoms with Crippen molar-refractivity contribution in [2.45, 2.75) is 128 Å². The van der Waals surface area contributed by atoms with E-state index in [-0.39, 0.29) is 124 Å². The van der Waals surface area contributed by atoms with Gasteiger partial charge in [0.1, 0.15) is 60.2 Å². The summed E-state index contributed by atoms with van der Waals surface area (Å²) in [4.78, 5) is 95.9. The molecule has 13 rings (SSSR count). The van der Waals surface area contributed by atoms with E-state index in [2.05, 4.69) is 29.8 Å². The summed E-state index contributed by atoms with van der Waals surface area (Å²) in [6.45, 7) is 7.81. The van der Waals surface area contributed by atoms with Crippen molar-refractivity contribution in [2.24, 2.45) is 29.2 Å². The number of para-hydroxylation sites is 1. The van der Waals surface area contributed by atoms with Crippen molar-refractivity contribution in [3.8, 4) is 22.6 Å². The lowest BCUT2D eigenvalue weighted by Gasteiger charge is -2.69. The van der Waals surface area contributed by atoms with Crippen LogP contribution < -0.4 is 34.9 Å². The maximum Gasteiger partial charge on any atom is 0.407 e. The molecule has 2 aliphatic heterocycles. The highest BCUT2D eigenvalue weighted by molar-refractivity contribution is 7.21. The number of aromatic carboxylic acids is 1. The number of hydrogen-bond donors (Lipinski definition) is 8. The molecule has 0 saturated heterocycles. The summed E-state index contributed by atoms with van der Waals surface area (Å²) in [5.41, 5.74) is 3.43. The Morgan fingerprint density at radius 1 is 0.825 bits per heavy atom. The molecule has 2 unspecified atom stereocenters. The Kier molecular flexibility index (Phi) is 19.3. The minimum atomic E-state index is -1.80. The molecule has 3 aromatic heterocycles. The summed E-state index contributed by atoms with van der Waals surface area (Å²) >= 11 is 1.44. The first-order chi connectivity index (χ1) is 46.3. The van der Waals surface area contributed by atoms with Crippen LogP contribution in [0.1, 0.15) is 108 Å². The number of thiazole rings is 1. The number of imide groups is 1. The second-order valence-electron chi connectivity index (χ2n) is 27.3. The van der Waals surface area contributed by atoms with Crippen LogP contribution in [0.15, 0.2) is 85.1 Å². The van der Waals surface area contributed by atoms with Gasteiger partial charge >= 0.3 is 29.1 Å². The minimum absolute atomic E-state index is 0.0360. The predicted molar refractivity (Wildman–Crippen MR) is 347 cm³/mol. The molecule has 97 heavy (non-hydrogen) atoms. The molecule has 8 N–H and O–H groups in total. The van der Waals surface area contributed by atoms with Gasteiger partial charge in [-0.2, -0.15) is 10.4 Å². The lowest BCUT2D eigenvalue weighted by atomic mass is 9.39. The highest BCUT2D eigenvalue weighted by atomic mass is 32.1. The maximum atomic E-state index is 15.4. The normalized spacial score (nSPS) is 25.5. The third kappa shape index (κ3) is 14.4. The Balaban J connectivity index is 0.662. The van der Waals surface area contributed by atoms with E-state index in [1.807, 2.05) is 52.4 Å². The van der Waals surface area contributed by atoms with E-state index in [0.29, 0.717) is 57.4 Å². The number of hydrogen-bond acceptors (Lipinski definition) is 19. The molecule has 5 heterocycles. The number of alkyl carbamates (subject to hydrolysis) is 1. The zero-order chi connectivity index (χ0) is 68.7. The zero-order valence-corrected chi connectivity index (χ0v) is 55.0. The van der Waals surface area contributed by atoms with Crippen LogP contribution in [0.25, 0.3) is 21.3 Å². The molecule has 0 radical (unpaired) electrons. The summed E-state index contributed by atoms with van der Waals surface area (Å²) in [5.74, 6) is -5.50. The van der Waals surface area contributed by atoms with Crippen molar-refractivity contribution in [3.63, 3.8) is 0 Å². The van der Waals surface area contributed by atoms with E-state index in [4.69, 9.17) is 33.8 Å². The molecular formula is C69H79FN9O17S+. The number of aromatic nitrogens is 4. The summed E-state index contributed by atoms with van der Waals surface area (Å²) in [6.07, 6.45) is 2.05. The van der Waals surface area contributed by atoms with Gasteiger partial charge in [0.05, 0.1) is 61.0 Å². The van der Waals surface area contributed by atoms with Crippen molar-refractivity contribution in [1.82, 2.24) is 30.3 Å². The number of carbonyl (C=O) groups is 7. The number of pyridine rings is 1. The van der Waals surface area contributed by atoms with Gasteiger partial charge in [-0.1, -0.05) is 26.0 Å². The fourth-order valence-corrected chi connectivity index (χ4v) is 17.5. The first kappa shape index (κ1) is 68.0. The van der Waals surface area contributed by atoms with Crippen LogP contribution >= 0.6 is 11.3 Å². The van der Waals surface area contributed by atoms with Crippen molar-refractivity contribution in [3.05, 3.63) is 125 Å². The van der Waals surface area contributed by atoms with Gasteiger partial charge in [0.25, 0.3) is 11.8 Å². The summed E-state index contributed by atoms with van der Waals surface area (Å²) in [7, 11) is 1.87. The molecule has 28 heteroatoms. The van der Waals surface area contributed by atoms with Crippen LogP contribution in [-0.4, -0.2) is 169 Å². The highest BCUT2D eigenvalue weighted by Gasteiger charge is 2.66. The largest absolute Gasteiger partial charge is 0.491 e. The van der Waals surface area contributed by atoms with E-state index in [9.17, 15) is 59.1 Å². The van der Waals surface area contributed by atoms with E-state index in [0.717, 1.165) is 71.5 Å². The Morgan fingerprint density at radius 2 is 1.58 bits per heavy atom. The van der Waals surface area contributed by atoms with E-state index in [1.54, 1.807) is 24.4 Å². The number of ether oxygens (including phenoxy) is 5. The van der Waals surface area contributed by atoms with Crippen molar-refractivity contribution in [2.75, 3.05) is 62.8 Å². The van der Waals surface area contributed by atoms with Crippen molar-refractivity contribution in [1.29, 1.82) is 0 Å². The van der Waals surface area contributed by atoms with Crippen molar-refractivity contribution >= 4 is 74.2 Å². The van der Waals surface area contributed by atoms with Gasteiger partial charge in [0.15, 0.2) is 5.69 Å². The molecule has 7 atom stereocenters. The number of carboxylic acids is 2. The highest BCUT2D eigenvalue weighted by Crippen LogP contribution is 2.72. The number of aryl methyl sites for hydroxylation is 1. The second-order valence-corrected chi connectivity index (χ2v) is 28.3. The fourth-order valence-electron chi connectivity index (χ4n) is 16.5. The van der Waals surface area contributed by atoms with Crippen LogP contribution in [-0.2, 0) is 66.6 Å². The molecule has 5 amide bonds. The van der Waals surface area contributed by atoms with Gasteiger partial charge in [-0.05, 0) is 139 Å². The summed E-state index contributed by atoms with van der Waals surface area (Å²) in [5, 5.41) is 66.0. The van der Waals surface area contributed by atoms with Gasteiger partial charge < -0.3 is 64.8 Å². The summed E-state index contributed by atoms with van der Waals surface area (Å²) in [6, 6.07) is 18.6. The lowest BCUT2D eigenvalue weighted by Crippen LogP contribution is -2.64. The molecule has 5 fully saturated rings. The number of anilines is 2. The van der Waals surface area contributed by atoms with Gasteiger partial charge in [0, 0.05) is 92.7 Å². The maximum absolute atomic E-state index is 15.4. The number of fused-ring (bicyclic) bond motifs is 2. The number of aliphatic hydroxyl groups excluding tert-OH is 3. The number of benzene rings is 3. The predicted octanol–water partition coefficient (Wildman–Crippen LogP) is 5.77. The number of aliphatic hydroxyl groups is 3. The van der Waals surface area contributed by atoms with Gasteiger partial charge in [-0.3, -0.25) is 28.8 Å². The average Bonchev–Trinajstić information content (AvgIpc) is 1.66. The number of carboxylic acid groups (broad SMARTS) is 2. The Labute approximate surface area is 561 Å². The van der Waals surface area contributed by atoms with E-state index in [1.165, 1.54) is 35.6 Å². The molecule has 3 aromatic carbocycles. The SMILES string of the molecule is Cc1c(-c2ccc(N3CCc4c(F)ccc(C(=O)Nc5sc6ccccc6[n+]5C)c4C3)nc2C(=O)O)cnn1CC12CC3(C)CC(C)(C1)CC(OCCNC(=O)OCc1ccc(O[C@@H]4C[C@H](C(=O)O)[C@@H](O)[C@H](O)[C@@H]4O)cc1OCCOCCNC(=O)CCN1C(=O)C=CC1=O)(C3)C2. The Hall–Kier alpha value is -8.93. The number of nitrogens with one attached hydrogen (secondary N) is 3. The van der Waals surface area contributed by atoms with Crippen LogP contribution in [0, 0.1) is 34.9 Å². The van der Waals surface area contributed by atoms with Gasteiger partial charge in [-0.25, -0.2) is 28.3 Å². The molecule has 6 aromatic rings. The standard InChI is InChI=1S/C69H78FN9O17S/c1-39-46(43-12-14-53(74-57(43)63(89)90)77-21-17-42-47(30-77)44(11-13-48(42)70)61(86)75-64-76(4)49-7-5-6-8-52(49)97-64)29-73-79(39)38-68-33-66(2)32-67(3,34-68)36-69(35-66,37-68)95-24-20-72-65(91)94-31-40-9-10-41(96-51-28-45(62(87)88)58(83)60(85)59(51)84)27-50(40)93-26-25-92-23-19-71-54(80)18-22-78-55(81)15-16-56(78)82/h5-16,27,29,45,51,58-60,83-85H,17-26,28,30-38H2,1-4H3,(H4,71,72,80,87,88,89,90,91)/p+1/t45-,51+,58+,59+,60-,66?,67?,68?,69?/m0/s1. The smallest absolute Gasteiger partial charge is 0.407 e. The van der Waals surface area contributed by atoms with Crippen LogP contribution in [0.2, 0.25) is 0 Å². The second kappa shape index (κ2) is 27.5. The topological polar surface area (TPSA) is 344 Å². The molecule has 5 aliphatic carbocycles. The number of nitrogens with zero attached hydrogens (tertiary/aromatic N) is 6. The molecule has 5 saturated carbocycles. The lowest BCUT2D eigenvalue weighted by molar-refractivity contribution is -0.626. The third-order valence-corrected chi connectivity index (χ3v) is 20.9. The number of halogens is 1. The van der Waals surface area contributed by atoms with Gasteiger partial charge in [0.2, 0.25) is 5.91 Å². The third-order valence-electron chi connectivity index (χ3n) is 19.8. The average molecular weight is 1360 g/mol. The molecule has 7 aliphatic rings. The first-order valence-electron chi connectivity index (χ1n) is 32.4. The molecule has 26 nitrogen and oxygen atoms in total. The van der Waals surface area contributed by atoms with E-state index < -0.39 is 71.6 Å². The molecule has 4 bridgehead atoms. The van der Waals surface area contributed by atoms with E-state index >= 15 is 4.39 Å². The van der Waals surface area contributed by atoms with Crippen molar-refractivity contribution < 1.29 is 91.7 Å². The van der Waals surface area contributed by atoms with Crippen LogP contribution in [0.3, 0.4) is 0 Å². The van der Waals surface area contributed by atoms with Crippen LogP contribution in [0.5, 0.6) is 11.5 Å². The Morgan fingerprint density at radius 3 is 2.32 bits per heavy atom. The molecular weight excluding hydrogens is 1280 g/mol. The first-order valence-corrected chi connectivity index (χ1v) is 33.3. The Bertz CT molecular complexity index is 4080. The van der Waals surface area contributed by atoms with Gasteiger partial charge in [-0.15, -0.1) is 0 Å². The quantitative estimate of drug-likeness (QED) is 0.0181. The number of carbonyl (C=O) groups excluding carboxylic acids is 5. The fraction of sp³-hybridized carbons (Fsp3) is 0.478. The number of rotatable bonds is 26. The monoisotopic (exact) mass is 1360 g/mol. The summed E-state index contributed by atoms with van der Waals surface area (Å²) < 4.78 is 50.6. The minimum Gasteiger partial charge on any atom is -0.491 e. The molecule has 0 spiro atoms. The zero-order valence-electron chi connectivity index (χ0n) is 54.2. The number of amides is 5.